The van der Waals surface area contributed by atoms with Crippen LogP contribution >= 0.6 is 13.5 Å². The van der Waals surface area contributed by atoms with Gasteiger partial charge in [-0.25, -0.2) is 0 Å². The number of hydrogen-bond acceptors (Lipinski definition) is 5. The van der Waals surface area contributed by atoms with Crippen LogP contribution in [0.4, 0.5) is 0 Å². The molecule has 7 nitrogen and oxygen atoms in total. The van der Waals surface area contributed by atoms with Gasteiger partial charge in [-0.3, -0.25) is 14.4 Å². The predicted octanol–water partition coefficient (Wildman–Crippen LogP) is 0.541. The van der Waals surface area contributed by atoms with E-state index >= 15 is 0 Å². The largest absolute Gasteiger partial charge is 0.388 e. The maximum absolute atomic E-state index is 13.2. The summed E-state index contributed by atoms with van der Waals surface area (Å²) in [6.45, 7) is 2.49. The minimum atomic E-state index is -0.514. The molecule has 158 valence electrons. The molecule has 0 radical (unpaired) electrons. The van der Waals surface area contributed by atoms with Crippen molar-refractivity contribution in [2.75, 3.05) is 46.0 Å². The van der Waals surface area contributed by atoms with E-state index in [0.29, 0.717) is 44.8 Å². The number of benzene rings is 1. The Labute approximate surface area is 177 Å². The highest BCUT2D eigenvalue weighted by Crippen LogP contribution is 2.43. The number of aliphatic hydroxyl groups is 1. The molecule has 1 atom stereocenters. The molecule has 0 aromatic heterocycles. The second-order valence-corrected chi connectivity index (χ2v) is 7.99. The number of nitrogens with zero attached hydrogens (tertiary/aromatic N) is 2. The smallest absolute Gasteiger partial charge is 0.242 e. The molecule has 1 aliphatic carbocycles. The van der Waals surface area contributed by atoms with Crippen molar-refractivity contribution in [1.82, 2.24) is 9.80 Å². The molecule has 3 aliphatic rings. The summed E-state index contributed by atoms with van der Waals surface area (Å²) < 4.78 is 5.28. The first-order valence-corrected chi connectivity index (χ1v) is 9.93. The highest BCUT2D eigenvalue weighted by molar-refractivity contribution is 7.59. The molecule has 8 heteroatoms. The molecular weight excluding hydrogens is 392 g/mol. The van der Waals surface area contributed by atoms with Gasteiger partial charge in [-0.05, 0) is 42.9 Å². The first kappa shape index (κ1) is 21.8. The zero-order valence-corrected chi connectivity index (χ0v) is 17.5. The fourth-order valence-corrected chi connectivity index (χ4v) is 4.64. The van der Waals surface area contributed by atoms with Crippen molar-refractivity contribution in [2.45, 2.75) is 25.7 Å². The lowest BCUT2D eigenvalue weighted by molar-refractivity contribution is -0.144. The number of morpholine rings is 1. The summed E-state index contributed by atoms with van der Waals surface area (Å²) in [5, 5.41) is 9.11. The topological polar surface area (TPSA) is 87.2 Å². The molecule has 0 saturated carbocycles. The number of rotatable bonds is 4. The molecule has 2 saturated heterocycles. The Morgan fingerprint density at radius 3 is 2.59 bits per heavy atom. The van der Waals surface area contributed by atoms with Crippen LogP contribution in [0, 0.1) is 5.41 Å². The lowest BCUT2D eigenvalue weighted by Crippen LogP contribution is -2.47. The predicted molar refractivity (Wildman–Crippen MR) is 111 cm³/mol. The van der Waals surface area contributed by atoms with E-state index in [4.69, 9.17) is 9.84 Å². The molecule has 1 N–H and O–H groups in total. The van der Waals surface area contributed by atoms with Gasteiger partial charge in [0.2, 0.25) is 11.8 Å². The van der Waals surface area contributed by atoms with Crippen molar-refractivity contribution < 1.29 is 24.2 Å². The minimum absolute atomic E-state index is 0. The first-order chi connectivity index (χ1) is 13.5. The Balaban J connectivity index is 0.00000240. The number of carbonyl (C=O) groups is 3. The van der Waals surface area contributed by atoms with E-state index in [0.717, 1.165) is 30.4 Å². The van der Waals surface area contributed by atoms with Gasteiger partial charge in [-0.2, -0.15) is 13.5 Å². The van der Waals surface area contributed by atoms with E-state index in [1.54, 1.807) is 15.9 Å². The lowest BCUT2D eigenvalue weighted by Gasteiger charge is -2.34. The average Bonchev–Trinajstić information content (AvgIpc) is 3.02. The van der Waals surface area contributed by atoms with Gasteiger partial charge < -0.3 is 19.6 Å². The number of ether oxygens (including phenoxy) is 1. The van der Waals surface area contributed by atoms with Gasteiger partial charge >= 0.3 is 0 Å². The third kappa shape index (κ3) is 4.20. The van der Waals surface area contributed by atoms with Crippen LogP contribution in [0.5, 0.6) is 0 Å². The number of aliphatic hydroxyl groups excluding tert-OH is 1. The highest BCUT2D eigenvalue weighted by atomic mass is 32.1. The van der Waals surface area contributed by atoms with Gasteiger partial charge in [-0.15, -0.1) is 0 Å². The summed E-state index contributed by atoms with van der Waals surface area (Å²) in [4.78, 5) is 41.0. The maximum Gasteiger partial charge on any atom is 0.242 e. The number of fused-ring (bicyclic) bond motifs is 1. The molecular formula is C21H28N2O5S. The van der Waals surface area contributed by atoms with Gasteiger partial charge in [0.1, 0.15) is 6.61 Å². The molecule has 2 amide bonds. The summed E-state index contributed by atoms with van der Waals surface area (Å²) in [7, 11) is 0. The van der Waals surface area contributed by atoms with Crippen molar-refractivity contribution in [3.05, 3.63) is 34.9 Å². The van der Waals surface area contributed by atoms with E-state index in [1.165, 1.54) is 0 Å². The molecule has 29 heavy (non-hydrogen) atoms. The van der Waals surface area contributed by atoms with E-state index < -0.39 is 12.0 Å². The quantitative estimate of drug-likeness (QED) is 0.719. The van der Waals surface area contributed by atoms with Crippen LogP contribution in [0.15, 0.2) is 18.2 Å². The molecule has 1 spiro atoms. The maximum atomic E-state index is 13.2. The molecule has 2 fully saturated rings. The summed E-state index contributed by atoms with van der Waals surface area (Å²) in [5.74, 6) is -0.266. The zero-order chi connectivity index (χ0) is 19.7. The van der Waals surface area contributed by atoms with Crippen LogP contribution in [-0.2, 0) is 27.2 Å². The lowest BCUT2D eigenvalue weighted by atomic mass is 9.70. The van der Waals surface area contributed by atoms with E-state index in [2.05, 4.69) is 0 Å². The third-order valence-electron chi connectivity index (χ3n) is 6.36. The Hall–Kier alpha value is -1.90. The summed E-state index contributed by atoms with van der Waals surface area (Å²) in [5.41, 5.74) is 2.19. The van der Waals surface area contributed by atoms with Crippen LogP contribution in [0.2, 0.25) is 0 Å². The zero-order valence-electron chi connectivity index (χ0n) is 16.5. The van der Waals surface area contributed by atoms with Gasteiger partial charge in [0.25, 0.3) is 0 Å². The fourth-order valence-electron chi connectivity index (χ4n) is 4.64. The van der Waals surface area contributed by atoms with Crippen molar-refractivity contribution in [3.63, 3.8) is 0 Å². The number of carbonyl (C=O) groups excluding carboxylic acids is 3. The minimum Gasteiger partial charge on any atom is -0.388 e. The summed E-state index contributed by atoms with van der Waals surface area (Å²) >= 11 is 0. The molecule has 2 heterocycles. The molecule has 1 aromatic carbocycles. The molecule has 0 unspecified atom stereocenters. The normalized spacial score (nSPS) is 23.7. The number of hydrogen-bond donors (Lipinski definition) is 1. The Morgan fingerprint density at radius 1 is 1.10 bits per heavy atom. The SMILES string of the molecule is O=C(CO)c1ccc2c(c1)C[C@@]1(CC2)CCN(CC(=O)N2CCOCC2)C1=O.S. The van der Waals surface area contributed by atoms with Crippen LogP contribution in [-0.4, -0.2) is 78.5 Å². The second kappa shape index (κ2) is 8.85. The van der Waals surface area contributed by atoms with Crippen molar-refractivity contribution in [2.24, 2.45) is 5.41 Å². The molecule has 4 rings (SSSR count). The van der Waals surface area contributed by atoms with Gasteiger partial charge in [-0.1, -0.05) is 12.1 Å². The molecule has 2 aliphatic heterocycles. The third-order valence-corrected chi connectivity index (χ3v) is 6.36. The molecule has 0 bridgehead atoms. The standard InChI is InChI=1S/C21H26N2O5.H2S/c24-14-18(25)16-2-1-15-3-4-21(12-17(15)11-16)5-6-23(20(21)27)13-19(26)22-7-9-28-10-8-22;/h1-2,11,24H,3-10,12-14H2;1H2/t21-;/m1./s1. The van der Waals surface area contributed by atoms with Crippen molar-refractivity contribution in [1.29, 1.82) is 0 Å². The number of amides is 2. The Morgan fingerprint density at radius 2 is 1.86 bits per heavy atom. The van der Waals surface area contributed by atoms with Gasteiger partial charge in [0.15, 0.2) is 5.78 Å². The van der Waals surface area contributed by atoms with Crippen LogP contribution in [0.25, 0.3) is 0 Å². The Kier molecular flexibility index (Phi) is 6.65. The number of Topliss-reactive ketones (excluding diaryl/α,β-unsaturated/α-hetero) is 1. The number of likely N-dealkylation sites (tertiary alicyclic amines) is 1. The van der Waals surface area contributed by atoms with Gasteiger partial charge in [0.05, 0.1) is 25.2 Å². The summed E-state index contributed by atoms with van der Waals surface area (Å²) in [6.07, 6.45) is 2.89. The van der Waals surface area contributed by atoms with Gasteiger partial charge in [0, 0.05) is 25.2 Å². The van der Waals surface area contributed by atoms with E-state index in [1.807, 2.05) is 12.1 Å². The fraction of sp³-hybridized carbons (Fsp3) is 0.571. The van der Waals surface area contributed by atoms with Crippen LogP contribution in [0.1, 0.15) is 34.3 Å². The monoisotopic (exact) mass is 420 g/mol. The van der Waals surface area contributed by atoms with E-state index in [-0.39, 0.29) is 37.6 Å². The summed E-state index contributed by atoms with van der Waals surface area (Å²) in [6, 6.07) is 5.51. The Bertz CT molecular complexity index is 808. The van der Waals surface area contributed by atoms with Crippen LogP contribution < -0.4 is 0 Å². The van der Waals surface area contributed by atoms with Crippen molar-refractivity contribution in [3.8, 4) is 0 Å². The first-order valence-electron chi connectivity index (χ1n) is 9.93. The highest BCUT2D eigenvalue weighted by Gasteiger charge is 2.48. The number of aryl methyl sites for hydroxylation is 1. The van der Waals surface area contributed by atoms with Crippen LogP contribution in [0.3, 0.4) is 0 Å². The molecule has 1 aromatic rings. The van der Waals surface area contributed by atoms with E-state index in [9.17, 15) is 14.4 Å². The second-order valence-electron chi connectivity index (χ2n) is 7.99. The number of ketones is 1. The van der Waals surface area contributed by atoms with Crippen molar-refractivity contribution >= 4 is 31.1 Å². The average molecular weight is 421 g/mol.